The molecule has 0 spiro atoms. The zero-order chi connectivity index (χ0) is 17.0. The van der Waals surface area contributed by atoms with Crippen molar-refractivity contribution in [2.45, 2.75) is 5.92 Å². The van der Waals surface area contributed by atoms with Crippen LogP contribution in [-0.2, 0) is 4.79 Å². The summed E-state index contributed by atoms with van der Waals surface area (Å²) in [6, 6.07) is 10.5. The number of ketones is 3. The number of aromatic hydroxyl groups is 2. The second-order valence-corrected chi connectivity index (χ2v) is 5.54. The van der Waals surface area contributed by atoms with E-state index in [1.807, 2.05) is 0 Å². The van der Waals surface area contributed by atoms with Crippen molar-refractivity contribution in [3.8, 4) is 11.5 Å². The van der Waals surface area contributed by atoms with Crippen molar-refractivity contribution < 1.29 is 29.0 Å². The van der Waals surface area contributed by atoms with Crippen LogP contribution >= 0.6 is 0 Å². The number of carbonyl (C=O) groups excluding carboxylic acids is 3. The molecule has 24 heavy (non-hydrogen) atoms. The zero-order valence-corrected chi connectivity index (χ0v) is 12.1. The fourth-order valence-corrected chi connectivity index (χ4v) is 2.97. The normalized spacial score (nSPS) is 17.3. The highest BCUT2D eigenvalue weighted by Crippen LogP contribution is 2.40. The van der Waals surface area contributed by atoms with Crippen LogP contribution < -0.4 is 0 Å². The molecule has 0 bridgehead atoms. The van der Waals surface area contributed by atoms with E-state index in [-0.39, 0.29) is 22.3 Å². The van der Waals surface area contributed by atoms with Crippen molar-refractivity contribution in [2.75, 3.05) is 0 Å². The van der Waals surface area contributed by atoms with Gasteiger partial charge in [0.25, 0.3) is 0 Å². The van der Waals surface area contributed by atoms with Crippen LogP contribution in [0, 0.1) is 0 Å². The number of furan rings is 1. The number of rotatable bonds is 1. The lowest BCUT2D eigenvalue weighted by molar-refractivity contribution is -0.115. The third kappa shape index (κ3) is 1.80. The van der Waals surface area contributed by atoms with Crippen molar-refractivity contribution in [3.05, 3.63) is 59.4 Å². The minimum Gasteiger partial charge on any atom is -0.504 e. The first kappa shape index (κ1) is 14.2. The van der Waals surface area contributed by atoms with E-state index in [2.05, 4.69) is 0 Å². The quantitative estimate of drug-likeness (QED) is 0.405. The molecule has 1 unspecified atom stereocenters. The van der Waals surface area contributed by atoms with Gasteiger partial charge >= 0.3 is 0 Å². The molecule has 2 N–H and O–H groups in total. The van der Waals surface area contributed by atoms with Gasteiger partial charge in [-0.15, -0.1) is 0 Å². The van der Waals surface area contributed by atoms with Crippen LogP contribution in [0.25, 0.3) is 11.0 Å². The maximum atomic E-state index is 12.7. The molecule has 1 heterocycles. The second-order valence-electron chi connectivity index (χ2n) is 5.54. The number of benzene rings is 2. The molecule has 3 aromatic rings. The van der Waals surface area contributed by atoms with Gasteiger partial charge in [-0.1, -0.05) is 30.3 Å². The van der Waals surface area contributed by atoms with E-state index in [9.17, 15) is 24.6 Å². The van der Waals surface area contributed by atoms with Gasteiger partial charge in [-0.05, 0) is 11.6 Å². The summed E-state index contributed by atoms with van der Waals surface area (Å²) >= 11 is 0. The van der Waals surface area contributed by atoms with Crippen molar-refractivity contribution in [2.24, 2.45) is 0 Å². The van der Waals surface area contributed by atoms with Gasteiger partial charge in [0.2, 0.25) is 17.3 Å². The van der Waals surface area contributed by atoms with Crippen molar-refractivity contribution in [1.82, 2.24) is 0 Å². The Labute approximate surface area is 134 Å². The molecule has 2 aromatic carbocycles. The third-order valence-electron chi connectivity index (χ3n) is 4.12. The van der Waals surface area contributed by atoms with Gasteiger partial charge in [0.05, 0.1) is 5.56 Å². The Balaban J connectivity index is 1.98. The standard InChI is InChI=1S/C18H10O6/c19-10-6-9-12(7-11(10)20)24-18-14(9)16(22)15(21)13(17(18)23)8-4-2-1-3-5-8/h1-7,13,19-20H. The van der Waals surface area contributed by atoms with Crippen molar-refractivity contribution in [3.63, 3.8) is 0 Å². The minimum absolute atomic E-state index is 0.0542. The maximum absolute atomic E-state index is 12.7. The van der Waals surface area contributed by atoms with Gasteiger partial charge < -0.3 is 14.6 Å². The van der Waals surface area contributed by atoms with E-state index < -0.39 is 34.8 Å². The molecular weight excluding hydrogens is 312 g/mol. The molecule has 0 amide bonds. The highest BCUT2D eigenvalue weighted by atomic mass is 16.3. The maximum Gasteiger partial charge on any atom is 0.234 e. The minimum atomic E-state index is -1.24. The number of phenols is 2. The summed E-state index contributed by atoms with van der Waals surface area (Å²) < 4.78 is 5.42. The Morgan fingerprint density at radius 1 is 0.875 bits per heavy atom. The average Bonchev–Trinajstić information content (AvgIpc) is 2.93. The summed E-state index contributed by atoms with van der Waals surface area (Å²) in [5.74, 6) is -4.68. The molecular formula is C18H10O6. The zero-order valence-electron chi connectivity index (χ0n) is 12.1. The van der Waals surface area contributed by atoms with E-state index in [0.717, 1.165) is 12.1 Å². The SMILES string of the molecule is O=C1C(=O)C(c2ccccc2)C(=O)c2oc3cc(O)c(O)cc3c21. The van der Waals surface area contributed by atoms with Gasteiger partial charge in [-0.25, -0.2) is 0 Å². The number of Topliss-reactive ketones (excluding diaryl/α,β-unsaturated/α-hetero) is 3. The van der Waals surface area contributed by atoms with Crippen LogP contribution in [0.3, 0.4) is 0 Å². The van der Waals surface area contributed by atoms with Crippen LogP contribution in [0.4, 0.5) is 0 Å². The third-order valence-corrected chi connectivity index (χ3v) is 4.12. The molecule has 0 saturated carbocycles. The Kier molecular flexibility index (Phi) is 2.83. The number of hydrogen-bond acceptors (Lipinski definition) is 6. The predicted octanol–water partition coefficient (Wildman–Crippen LogP) is 2.58. The lowest BCUT2D eigenvalue weighted by Gasteiger charge is -2.18. The highest BCUT2D eigenvalue weighted by molar-refractivity contribution is 6.54. The van der Waals surface area contributed by atoms with Crippen LogP contribution in [-0.4, -0.2) is 27.6 Å². The predicted molar refractivity (Wildman–Crippen MR) is 82.4 cm³/mol. The molecule has 1 aliphatic rings. The lowest BCUT2D eigenvalue weighted by atomic mass is 9.80. The molecule has 4 rings (SSSR count). The molecule has 0 radical (unpaired) electrons. The van der Waals surface area contributed by atoms with E-state index in [1.165, 1.54) is 0 Å². The van der Waals surface area contributed by atoms with Gasteiger partial charge in [-0.2, -0.15) is 0 Å². The number of fused-ring (bicyclic) bond motifs is 3. The van der Waals surface area contributed by atoms with Crippen LogP contribution in [0.2, 0.25) is 0 Å². The summed E-state index contributed by atoms with van der Waals surface area (Å²) in [4.78, 5) is 37.7. The fraction of sp³-hybridized carbons (Fsp3) is 0.0556. The van der Waals surface area contributed by atoms with Crippen LogP contribution in [0.15, 0.2) is 46.9 Å². The van der Waals surface area contributed by atoms with E-state index >= 15 is 0 Å². The van der Waals surface area contributed by atoms with Gasteiger partial charge in [0.1, 0.15) is 11.5 Å². The number of carbonyl (C=O) groups is 3. The Morgan fingerprint density at radius 3 is 2.25 bits per heavy atom. The second kappa shape index (κ2) is 4.79. The lowest BCUT2D eigenvalue weighted by Crippen LogP contribution is -2.34. The number of hydrogen-bond donors (Lipinski definition) is 2. The molecule has 1 atom stereocenters. The van der Waals surface area contributed by atoms with Gasteiger partial charge in [0, 0.05) is 11.5 Å². The molecule has 0 saturated heterocycles. The molecule has 6 heteroatoms. The Hall–Kier alpha value is -3.41. The van der Waals surface area contributed by atoms with E-state index in [4.69, 9.17) is 4.42 Å². The Bertz CT molecular complexity index is 1030. The molecule has 0 aliphatic heterocycles. The molecule has 1 aromatic heterocycles. The van der Waals surface area contributed by atoms with Crippen molar-refractivity contribution >= 4 is 28.3 Å². The number of phenolic OH excluding ortho intramolecular Hbond substituents is 2. The molecule has 6 nitrogen and oxygen atoms in total. The van der Waals surface area contributed by atoms with E-state index in [1.54, 1.807) is 30.3 Å². The topological polar surface area (TPSA) is 105 Å². The Morgan fingerprint density at radius 2 is 1.54 bits per heavy atom. The average molecular weight is 322 g/mol. The van der Waals surface area contributed by atoms with Crippen LogP contribution in [0.1, 0.15) is 32.4 Å². The summed E-state index contributed by atoms with van der Waals surface area (Å²) in [5.41, 5.74) is 0.304. The monoisotopic (exact) mass is 322 g/mol. The first-order valence-electron chi connectivity index (χ1n) is 7.15. The first-order valence-corrected chi connectivity index (χ1v) is 7.15. The first-order chi connectivity index (χ1) is 11.5. The van der Waals surface area contributed by atoms with Gasteiger partial charge in [0.15, 0.2) is 17.3 Å². The van der Waals surface area contributed by atoms with Crippen molar-refractivity contribution in [1.29, 1.82) is 0 Å². The summed E-state index contributed by atoms with van der Waals surface area (Å²) in [5, 5.41) is 19.3. The molecule has 1 aliphatic carbocycles. The van der Waals surface area contributed by atoms with Gasteiger partial charge in [-0.3, -0.25) is 14.4 Å². The molecule has 0 fully saturated rings. The fourth-order valence-electron chi connectivity index (χ4n) is 2.97. The summed E-state index contributed by atoms with van der Waals surface area (Å²) in [7, 11) is 0. The smallest absolute Gasteiger partial charge is 0.234 e. The van der Waals surface area contributed by atoms with E-state index in [0.29, 0.717) is 5.56 Å². The largest absolute Gasteiger partial charge is 0.504 e. The molecule has 118 valence electrons. The summed E-state index contributed by atoms with van der Waals surface area (Å²) in [6.07, 6.45) is 0. The summed E-state index contributed by atoms with van der Waals surface area (Å²) in [6.45, 7) is 0. The highest BCUT2D eigenvalue weighted by Gasteiger charge is 2.45. The van der Waals surface area contributed by atoms with Crippen LogP contribution in [0.5, 0.6) is 11.5 Å².